The maximum absolute atomic E-state index is 11.9. The molecule has 0 aromatic heterocycles. The lowest BCUT2D eigenvalue weighted by Crippen LogP contribution is -2.38. The number of hydrogen-bond donors (Lipinski definition) is 2. The topological polar surface area (TPSA) is 69.6 Å². The predicted molar refractivity (Wildman–Crippen MR) is 71.0 cm³/mol. The molecule has 2 N–H and O–H groups in total. The SMILES string of the molecule is Cc1c(O)cccc1C(=O)NCC(=O)N1CCCC1. The monoisotopic (exact) mass is 262 g/mol. The van der Waals surface area contributed by atoms with Crippen LogP contribution in [-0.4, -0.2) is 41.5 Å². The van der Waals surface area contributed by atoms with Crippen LogP contribution in [-0.2, 0) is 4.79 Å². The zero-order valence-corrected chi connectivity index (χ0v) is 11.0. The van der Waals surface area contributed by atoms with Crippen molar-refractivity contribution in [2.75, 3.05) is 19.6 Å². The van der Waals surface area contributed by atoms with Crippen molar-refractivity contribution in [3.05, 3.63) is 29.3 Å². The molecule has 0 aliphatic carbocycles. The Hall–Kier alpha value is -2.04. The number of phenols is 1. The van der Waals surface area contributed by atoms with Crippen molar-refractivity contribution in [2.45, 2.75) is 19.8 Å². The van der Waals surface area contributed by atoms with Gasteiger partial charge >= 0.3 is 0 Å². The summed E-state index contributed by atoms with van der Waals surface area (Å²) in [4.78, 5) is 25.5. The highest BCUT2D eigenvalue weighted by Gasteiger charge is 2.19. The maximum Gasteiger partial charge on any atom is 0.252 e. The van der Waals surface area contributed by atoms with Crippen LogP contribution in [0.5, 0.6) is 5.75 Å². The van der Waals surface area contributed by atoms with Gasteiger partial charge < -0.3 is 15.3 Å². The lowest BCUT2D eigenvalue weighted by atomic mass is 10.1. The fraction of sp³-hybridized carbons (Fsp3) is 0.429. The minimum atomic E-state index is -0.332. The Bertz CT molecular complexity index is 493. The molecule has 1 aromatic carbocycles. The summed E-state index contributed by atoms with van der Waals surface area (Å²) in [7, 11) is 0. The van der Waals surface area contributed by atoms with Crippen LogP contribution >= 0.6 is 0 Å². The summed E-state index contributed by atoms with van der Waals surface area (Å²) < 4.78 is 0. The second-order valence-electron chi connectivity index (χ2n) is 4.72. The number of benzene rings is 1. The first-order valence-electron chi connectivity index (χ1n) is 6.44. The Labute approximate surface area is 112 Å². The molecule has 5 heteroatoms. The molecule has 1 saturated heterocycles. The van der Waals surface area contributed by atoms with E-state index in [2.05, 4.69) is 5.32 Å². The van der Waals surface area contributed by atoms with Gasteiger partial charge in [0.1, 0.15) is 5.75 Å². The number of carbonyl (C=O) groups excluding carboxylic acids is 2. The van der Waals surface area contributed by atoms with E-state index in [0.717, 1.165) is 25.9 Å². The highest BCUT2D eigenvalue weighted by atomic mass is 16.3. The lowest BCUT2D eigenvalue weighted by molar-refractivity contribution is -0.129. The molecule has 2 rings (SSSR count). The van der Waals surface area contributed by atoms with E-state index in [1.54, 1.807) is 24.0 Å². The van der Waals surface area contributed by atoms with Gasteiger partial charge in [0.05, 0.1) is 6.54 Å². The summed E-state index contributed by atoms with van der Waals surface area (Å²) in [5.74, 6) is -0.303. The molecule has 1 fully saturated rings. The smallest absolute Gasteiger partial charge is 0.252 e. The minimum absolute atomic E-state index is 0.00787. The van der Waals surface area contributed by atoms with Crippen LogP contribution in [0.4, 0.5) is 0 Å². The number of nitrogens with zero attached hydrogens (tertiary/aromatic N) is 1. The number of carbonyl (C=O) groups is 2. The van der Waals surface area contributed by atoms with Gasteiger partial charge in [0, 0.05) is 24.2 Å². The molecular weight excluding hydrogens is 244 g/mol. The maximum atomic E-state index is 11.9. The van der Waals surface area contributed by atoms with E-state index in [0.29, 0.717) is 11.1 Å². The molecule has 5 nitrogen and oxygen atoms in total. The molecular formula is C14H18N2O3. The van der Waals surface area contributed by atoms with Crippen LogP contribution in [0.2, 0.25) is 0 Å². The molecule has 0 bridgehead atoms. The molecule has 19 heavy (non-hydrogen) atoms. The van der Waals surface area contributed by atoms with Crippen LogP contribution in [0.1, 0.15) is 28.8 Å². The fourth-order valence-electron chi connectivity index (χ4n) is 2.20. The lowest BCUT2D eigenvalue weighted by Gasteiger charge is -2.15. The normalized spacial score (nSPS) is 14.5. The van der Waals surface area contributed by atoms with Crippen LogP contribution in [0.25, 0.3) is 0 Å². The molecule has 0 unspecified atom stereocenters. The molecule has 1 aromatic rings. The number of aromatic hydroxyl groups is 1. The Morgan fingerprint density at radius 1 is 1.32 bits per heavy atom. The van der Waals surface area contributed by atoms with E-state index >= 15 is 0 Å². The first kappa shape index (κ1) is 13.4. The first-order chi connectivity index (χ1) is 9.09. The summed E-state index contributed by atoms with van der Waals surface area (Å²) in [6, 6.07) is 4.77. The van der Waals surface area contributed by atoms with Crippen LogP contribution < -0.4 is 5.32 Å². The minimum Gasteiger partial charge on any atom is -0.508 e. The number of nitrogens with one attached hydrogen (secondary N) is 1. The van der Waals surface area contributed by atoms with E-state index in [1.807, 2.05) is 0 Å². The molecule has 1 heterocycles. The van der Waals surface area contributed by atoms with Crippen LogP contribution in [0, 0.1) is 6.92 Å². The molecule has 1 aliphatic heterocycles. The molecule has 0 radical (unpaired) electrons. The summed E-state index contributed by atoms with van der Waals surface area (Å²) in [6.45, 7) is 3.24. The average Bonchev–Trinajstić information content (AvgIpc) is 2.93. The average molecular weight is 262 g/mol. The number of amides is 2. The van der Waals surface area contributed by atoms with Crippen molar-refractivity contribution in [3.8, 4) is 5.75 Å². The summed E-state index contributed by atoms with van der Waals surface area (Å²) in [5, 5.41) is 12.1. The highest BCUT2D eigenvalue weighted by Crippen LogP contribution is 2.19. The number of phenolic OH excluding ortho intramolecular Hbond substituents is 1. The van der Waals surface area contributed by atoms with Gasteiger partial charge in [-0.15, -0.1) is 0 Å². The molecule has 2 amide bonds. The van der Waals surface area contributed by atoms with Crippen LogP contribution in [0.15, 0.2) is 18.2 Å². The van der Waals surface area contributed by atoms with Gasteiger partial charge in [-0.25, -0.2) is 0 Å². The first-order valence-corrected chi connectivity index (χ1v) is 6.44. The Morgan fingerprint density at radius 3 is 2.68 bits per heavy atom. The van der Waals surface area contributed by atoms with Gasteiger partial charge in [0.25, 0.3) is 5.91 Å². The van der Waals surface area contributed by atoms with Gasteiger partial charge in [0.2, 0.25) is 5.91 Å². The van der Waals surface area contributed by atoms with E-state index in [1.165, 1.54) is 6.07 Å². The largest absolute Gasteiger partial charge is 0.508 e. The Kier molecular flexibility index (Phi) is 4.04. The second kappa shape index (κ2) is 5.73. The van der Waals surface area contributed by atoms with Crippen molar-refractivity contribution < 1.29 is 14.7 Å². The van der Waals surface area contributed by atoms with Gasteiger partial charge in [-0.2, -0.15) is 0 Å². The third-order valence-corrected chi connectivity index (χ3v) is 3.41. The molecule has 0 atom stereocenters. The molecule has 0 spiro atoms. The zero-order valence-electron chi connectivity index (χ0n) is 11.0. The standard InChI is InChI=1S/C14H18N2O3/c1-10-11(5-4-6-12(10)17)14(19)15-9-13(18)16-7-2-3-8-16/h4-6,17H,2-3,7-9H2,1H3,(H,15,19). The van der Waals surface area contributed by atoms with E-state index < -0.39 is 0 Å². The predicted octanol–water partition coefficient (Wildman–Crippen LogP) is 1.05. The van der Waals surface area contributed by atoms with E-state index in [4.69, 9.17) is 0 Å². The van der Waals surface area contributed by atoms with Gasteiger partial charge in [0.15, 0.2) is 0 Å². The third kappa shape index (κ3) is 3.05. The Balaban J connectivity index is 1.94. The molecule has 0 saturated carbocycles. The van der Waals surface area contributed by atoms with Crippen molar-refractivity contribution in [1.82, 2.24) is 10.2 Å². The summed E-state index contributed by atoms with van der Waals surface area (Å²) in [5.41, 5.74) is 0.919. The van der Waals surface area contributed by atoms with Crippen molar-refractivity contribution in [3.63, 3.8) is 0 Å². The highest BCUT2D eigenvalue weighted by molar-refractivity contribution is 5.98. The number of likely N-dealkylation sites (tertiary alicyclic amines) is 1. The summed E-state index contributed by atoms with van der Waals surface area (Å²) >= 11 is 0. The third-order valence-electron chi connectivity index (χ3n) is 3.41. The van der Waals surface area contributed by atoms with Gasteiger partial charge in [-0.3, -0.25) is 9.59 Å². The van der Waals surface area contributed by atoms with Gasteiger partial charge in [-0.1, -0.05) is 6.07 Å². The number of hydrogen-bond acceptors (Lipinski definition) is 3. The summed E-state index contributed by atoms with van der Waals surface area (Å²) in [6.07, 6.45) is 2.07. The van der Waals surface area contributed by atoms with Crippen molar-refractivity contribution in [1.29, 1.82) is 0 Å². The van der Waals surface area contributed by atoms with Crippen molar-refractivity contribution >= 4 is 11.8 Å². The number of rotatable bonds is 3. The second-order valence-corrected chi connectivity index (χ2v) is 4.72. The Morgan fingerprint density at radius 2 is 2.00 bits per heavy atom. The van der Waals surface area contributed by atoms with E-state index in [-0.39, 0.29) is 24.1 Å². The zero-order chi connectivity index (χ0) is 13.8. The van der Waals surface area contributed by atoms with Crippen molar-refractivity contribution in [2.24, 2.45) is 0 Å². The van der Waals surface area contributed by atoms with E-state index in [9.17, 15) is 14.7 Å². The quantitative estimate of drug-likeness (QED) is 0.855. The van der Waals surface area contributed by atoms with Crippen LogP contribution in [0.3, 0.4) is 0 Å². The molecule has 102 valence electrons. The molecule has 1 aliphatic rings. The fourth-order valence-corrected chi connectivity index (χ4v) is 2.20. The van der Waals surface area contributed by atoms with Gasteiger partial charge in [-0.05, 0) is 31.9 Å².